The van der Waals surface area contributed by atoms with Crippen LogP contribution in [0.2, 0.25) is 0 Å². The number of aryl methyl sites for hydroxylation is 1. The molecule has 60 valence electrons. The molecule has 0 aliphatic carbocycles. The Bertz CT molecular complexity index is 284. The monoisotopic (exact) mass is 151 g/mol. The lowest BCUT2D eigenvalue weighted by molar-refractivity contribution is 1.00. The van der Waals surface area contributed by atoms with Gasteiger partial charge in [0.15, 0.2) is 0 Å². The van der Waals surface area contributed by atoms with Crippen LogP contribution in [-0.2, 0) is 0 Å². The minimum absolute atomic E-state index is 0.725. The maximum absolute atomic E-state index is 5.69. The van der Waals surface area contributed by atoms with Gasteiger partial charge in [0.1, 0.15) is 12.1 Å². The number of imidazole rings is 1. The molecule has 0 bridgehead atoms. The van der Waals surface area contributed by atoms with E-state index < -0.39 is 0 Å². The van der Waals surface area contributed by atoms with Crippen LogP contribution in [0, 0.1) is 13.8 Å². The topological polar surface area (TPSA) is 43.8 Å². The summed E-state index contributed by atoms with van der Waals surface area (Å²) in [6.07, 6.45) is 3.59. The smallest absolute Gasteiger partial charge is 0.104 e. The van der Waals surface area contributed by atoms with Crippen LogP contribution < -0.4 is 5.73 Å². The highest BCUT2D eigenvalue weighted by Crippen LogP contribution is 2.07. The molecule has 0 amide bonds. The highest BCUT2D eigenvalue weighted by molar-refractivity contribution is 5.42. The van der Waals surface area contributed by atoms with Crippen LogP contribution in [-0.4, -0.2) is 9.55 Å². The molecule has 2 N–H and O–H groups in total. The molecule has 1 aromatic heterocycles. The number of hydrogen-bond donors (Lipinski definition) is 1. The van der Waals surface area contributed by atoms with Crippen LogP contribution in [0.1, 0.15) is 18.3 Å². The number of allylic oxidation sites excluding steroid dienone is 1. The second-order valence-electron chi connectivity index (χ2n) is 2.50. The van der Waals surface area contributed by atoms with Crippen molar-refractivity contribution < 1.29 is 0 Å². The van der Waals surface area contributed by atoms with E-state index in [1.807, 2.05) is 31.4 Å². The maximum Gasteiger partial charge on any atom is 0.104 e. The van der Waals surface area contributed by atoms with E-state index in [2.05, 4.69) is 4.98 Å². The van der Waals surface area contributed by atoms with E-state index in [9.17, 15) is 0 Å². The Hall–Kier alpha value is -1.25. The van der Waals surface area contributed by atoms with Crippen molar-refractivity contribution in [3.8, 4) is 0 Å². The first kappa shape index (κ1) is 7.85. The number of rotatable bonds is 1. The van der Waals surface area contributed by atoms with Crippen LogP contribution in [0.4, 0.5) is 0 Å². The third kappa shape index (κ3) is 1.27. The molecule has 3 heteroatoms. The first-order valence-electron chi connectivity index (χ1n) is 3.59. The highest BCUT2D eigenvalue weighted by Gasteiger charge is 2.01. The summed E-state index contributed by atoms with van der Waals surface area (Å²) in [5, 5.41) is 0. The van der Waals surface area contributed by atoms with Crippen LogP contribution in [0.15, 0.2) is 12.4 Å². The van der Waals surface area contributed by atoms with Crippen molar-refractivity contribution in [3.05, 3.63) is 23.8 Å². The van der Waals surface area contributed by atoms with Gasteiger partial charge in [-0.1, -0.05) is 0 Å². The van der Waals surface area contributed by atoms with Crippen molar-refractivity contribution >= 4 is 5.82 Å². The lowest BCUT2D eigenvalue weighted by atomic mass is 10.4. The summed E-state index contributed by atoms with van der Waals surface area (Å²) >= 11 is 0. The van der Waals surface area contributed by atoms with Crippen molar-refractivity contribution in [2.24, 2.45) is 5.73 Å². The fourth-order valence-electron chi connectivity index (χ4n) is 0.898. The summed E-state index contributed by atoms with van der Waals surface area (Å²) in [5.74, 6) is 0.725. The third-order valence-electron chi connectivity index (χ3n) is 1.83. The molecule has 0 atom stereocenters. The van der Waals surface area contributed by atoms with Gasteiger partial charge in [-0.25, -0.2) is 4.98 Å². The fourth-order valence-corrected chi connectivity index (χ4v) is 0.898. The Labute approximate surface area is 66.5 Å². The normalized spacial score (nSPS) is 12.1. The van der Waals surface area contributed by atoms with Crippen molar-refractivity contribution in [1.29, 1.82) is 0 Å². The molecule has 3 nitrogen and oxygen atoms in total. The lowest BCUT2D eigenvalue weighted by Gasteiger charge is -2.03. The van der Waals surface area contributed by atoms with Crippen LogP contribution in [0.5, 0.6) is 0 Å². The quantitative estimate of drug-likeness (QED) is 0.657. The summed E-state index contributed by atoms with van der Waals surface area (Å²) in [7, 11) is 0. The molecule has 0 aliphatic heterocycles. The second-order valence-corrected chi connectivity index (χ2v) is 2.50. The van der Waals surface area contributed by atoms with Gasteiger partial charge in [0.25, 0.3) is 0 Å². The van der Waals surface area contributed by atoms with E-state index >= 15 is 0 Å². The molecule has 0 spiro atoms. The molecule has 1 aromatic rings. The number of aromatic nitrogens is 2. The van der Waals surface area contributed by atoms with Crippen molar-refractivity contribution in [1.82, 2.24) is 9.55 Å². The van der Waals surface area contributed by atoms with E-state index in [0.717, 1.165) is 17.2 Å². The molecule has 0 aromatic carbocycles. The summed E-state index contributed by atoms with van der Waals surface area (Å²) in [6.45, 7) is 5.87. The first-order valence-corrected chi connectivity index (χ1v) is 3.59. The molecule has 0 saturated heterocycles. The average molecular weight is 151 g/mol. The first-order chi connectivity index (χ1) is 5.16. The van der Waals surface area contributed by atoms with Gasteiger partial charge in [0.2, 0.25) is 0 Å². The van der Waals surface area contributed by atoms with Gasteiger partial charge >= 0.3 is 0 Å². The summed E-state index contributed by atoms with van der Waals surface area (Å²) < 4.78 is 1.87. The Morgan fingerprint density at radius 3 is 2.64 bits per heavy atom. The van der Waals surface area contributed by atoms with Crippen LogP contribution in [0.3, 0.4) is 0 Å². The van der Waals surface area contributed by atoms with Crippen LogP contribution in [0.25, 0.3) is 5.82 Å². The third-order valence-corrected chi connectivity index (χ3v) is 1.83. The van der Waals surface area contributed by atoms with Gasteiger partial charge in [-0.15, -0.1) is 0 Å². The molecule has 0 saturated carbocycles. The molecule has 1 heterocycles. The van der Waals surface area contributed by atoms with E-state index in [0.29, 0.717) is 0 Å². The highest BCUT2D eigenvalue weighted by atomic mass is 15.1. The summed E-state index contributed by atoms with van der Waals surface area (Å²) in [6, 6.07) is 0. The second kappa shape index (κ2) is 2.78. The standard InChI is InChI=1S/C8H13N3/c1-4-8(9)11-5-10-6(2)7(11)3/h4-5H,9H2,1-3H3. The molecule has 0 radical (unpaired) electrons. The Morgan fingerprint density at radius 2 is 2.27 bits per heavy atom. The van der Waals surface area contributed by atoms with Crippen LogP contribution >= 0.6 is 0 Å². The minimum atomic E-state index is 0.725. The van der Waals surface area contributed by atoms with Crippen molar-refractivity contribution in [3.63, 3.8) is 0 Å². The summed E-state index contributed by atoms with van der Waals surface area (Å²) in [5.41, 5.74) is 7.81. The number of nitrogens with zero attached hydrogens (tertiary/aromatic N) is 2. The van der Waals surface area contributed by atoms with Gasteiger partial charge in [-0.3, -0.25) is 4.57 Å². The zero-order valence-corrected chi connectivity index (χ0v) is 7.13. The van der Waals surface area contributed by atoms with Gasteiger partial charge in [0.05, 0.1) is 5.69 Å². The summed E-state index contributed by atoms with van der Waals surface area (Å²) in [4.78, 5) is 4.13. The minimum Gasteiger partial charge on any atom is -0.385 e. The number of hydrogen-bond acceptors (Lipinski definition) is 2. The van der Waals surface area contributed by atoms with Gasteiger partial charge in [-0.2, -0.15) is 0 Å². The zero-order valence-electron chi connectivity index (χ0n) is 7.13. The molecule has 0 unspecified atom stereocenters. The Kier molecular flexibility index (Phi) is 1.98. The molecular formula is C8H13N3. The largest absolute Gasteiger partial charge is 0.385 e. The average Bonchev–Trinajstić information content (AvgIpc) is 2.32. The predicted molar refractivity (Wildman–Crippen MR) is 45.8 cm³/mol. The lowest BCUT2D eigenvalue weighted by Crippen LogP contribution is -2.06. The molecule has 0 aliphatic rings. The van der Waals surface area contributed by atoms with Crippen molar-refractivity contribution in [2.45, 2.75) is 20.8 Å². The maximum atomic E-state index is 5.69. The van der Waals surface area contributed by atoms with E-state index in [1.165, 1.54) is 0 Å². The molecule has 1 rings (SSSR count). The fraction of sp³-hybridized carbons (Fsp3) is 0.375. The zero-order chi connectivity index (χ0) is 8.43. The van der Waals surface area contributed by atoms with E-state index in [4.69, 9.17) is 5.73 Å². The van der Waals surface area contributed by atoms with Crippen molar-refractivity contribution in [2.75, 3.05) is 0 Å². The van der Waals surface area contributed by atoms with E-state index in [-0.39, 0.29) is 0 Å². The molecule has 11 heavy (non-hydrogen) atoms. The molecular weight excluding hydrogens is 138 g/mol. The van der Waals surface area contributed by atoms with Gasteiger partial charge in [-0.05, 0) is 26.8 Å². The predicted octanol–water partition coefficient (Wildman–Crippen LogP) is 1.28. The SMILES string of the molecule is CC=C(N)n1cnc(C)c1C. The van der Waals surface area contributed by atoms with Gasteiger partial charge < -0.3 is 5.73 Å². The Morgan fingerprint density at radius 1 is 1.64 bits per heavy atom. The van der Waals surface area contributed by atoms with E-state index in [1.54, 1.807) is 6.33 Å². The van der Waals surface area contributed by atoms with Gasteiger partial charge in [0, 0.05) is 5.69 Å². The Balaban J connectivity index is 3.15. The molecule has 0 fully saturated rings. The number of nitrogens with two attached hydrogens (primary N) is 1.